The van der Waals surface area contributed by atoms with Crippen molar-refractivity contribution < 1.29 is 4.79 Å². The Bertz CT molecular complexity index is 601. The van der Waals surface area contributed by atoms with Gasteiger partial charge in [0.15, 0.2) is 0 Å². The Hall–Kier alpha value is -2.29. The lowest BCUT2D eigenvalue weighted by Gasteiger charge is -2.18. The summed E-state index contributed by atoms with van der Waals surface area (Å²) >= 11 is 0. The molecule has 3 nitrogen and oxygen atoms in total. The number of likely N-dealkylation sites (N-methyl/N-ethyl adjacent to an activating group) is 1. The molecule has 0 saturated heterocycles. The zero-order valence-corrected chi connectivity index (χ0v) is 11.8. The van der Waals surface area contributed by atoms with Crippen LogP contribution in [-0.4, -0.2) is 31.1 Å². The highest BCUT2D eigenvalue weighted by atomic mass is 16.2. The van der Waals surface area contributed by atoms with E-state index in [4.69, 9.17) is 0 Å². The van der Waals surface area contributed by atoms with Gasteiger partial charge in [-0.2, -0.15) is 0 Å². The molecule has 0 saturated carbocycles. The van der Waals surface area contributed by atoms with Crippen molar-refractivity contribution in [2.24, 2.45) is 0 Å². The molecule has 0 aliphatic rings. The van der Waals surface area contributed by atoms with Crippen LogP contribution in [0.2, 0.25) is 0 Å². The van der Waals surface area contributed by atoms with Gasteiger partial charge in [-0.25, -0.2) is 4.79 Å². The number of carbonyl (C=O) groups is 1. The Morgan fingerprint density at radius 1 is 1.25 bits per heavy atom. The normalized spacial score (nSPS) is 10.2. The van der Waals surface area contributed by atoms with E-state index in [9.17, 15) is 4.79 Å². The van der Waals surface area contributed by atoms with E-state index in [1.807, 2.05) is 19.2 Å². The number of amides is 2. The standard InChI is InChI=1S/C17H20N2O/c1-3-12-18-17(20)19(2)13-11-15-9-6-8-14-7-4-5-10-16(14)15/h3-10H,1,11-13H2,2H3,(H,18,20). The van der Waals surface area contributed by atoms with Crippen molar-refractivity contribution in [1.29, 1.82) is 0 Å². The summed E-state index contributed by atoms with van der Waals surface area (Å²) in [6.07, 6.45) is 2.52. The number of hydrogen-bond acceptors (Lipinski definition) is 1. The van der Waals surface area contributed by atoms with E-state index in [-0.39, 0.29) is 6.03 Å². The maximum absolute atomic E-state index is 11.8. The highest BCUT2D eigenvalue weighted by molar-refractivity contribution is 5.85. The highest BCUT2D eigenvalue weighted by Crippen LogP contribution is 2.18. The van der Waals surface area contributed by atoms with Gasteiger partial charge in [-0.15, -0.1) is 6.58 Å². The van der Waals surface area contributed by atoms with Gasteiger partial charge in [-0.1, -0.05) is 48.5 Å². The van der Waals surface area contributed by atoms with E-state index in [2.05, 4.69) is 42.2 Å². The van der Waals surface area contributed by atoms with Crippen LogP contribution < -0.4 is 5.32 Å². The largest absolute Gasteiger partial charge is 0.335 e. The van der Waals surface area contributed by atoms with Crippen LogP contribution in [0.4, 0.5) is 4.79 Å². The minimum Gasteiger partial charge on any atom is -0.335 e. The molecule has 0 aromatic heterocycles. The van der Waals surface area contributed by atoms with Crippen molar-refractivity contribution in [3.8, 4) is 0 Å². The molecule has 0 radical (unpaired) electrons. The van der Waals surface area contributed by atoms with Gasteiger partial charge >= 0.3 is 6.03 Å². The summed E-state index contributed by atoms with van der Waals surface area (Å²) in [6, 6.07) is 14.6. The van der Waals surface area contributed by atoms with Crippen molar-refractivity contribution in [2.75, 3.05) is 20.1 Å². The SMILES string of the molecule is C=CCNC(=O)N(C)CCc1cccc2ccccc12. The number of benzene rings is 2. The van der Waals surface area contributed by atoms with Gasteiger partial charge < -0.3 is 10.2 Å². The van der Waals surface area contributed by atoms with Crippen LogP contribution in [0.3, 0.4) is 0 Å². The molecule has 104 valence electrons. The summed E-state index contributed by atoms with van der Waals surface area (Å²) in [5.74, 6) is 0. The molecule has 0 heterocycles. The summed E-state index contributed by atoms with van der Waals surface area (Å²) in [4.78, 5) is 13.5. The number of rotatable bonds is 5. The van der Waals surface area contributed by atoms with Gasteiger partial charge in [0.1, 0.15) is 0 Å². The summed E-state index contributed by atoms with van der Waals surface area (Å²) in [7, 11) is 1.81. The fourth-order valence-corrected chi connectivity index (χ4v) is 2.19. The summed E-state index contributed by atoms with van der Waals surface area (Å²) in [6.45, 7) is 4.78. The number of nitrogens with one attached hydrogen (secondary N) is 1. The van der Waals surface area contributed by atoms with Crippen molar-refractivity contribution in [3.05, 3.63) is 60.7 Å². The third kappa shape index (κ3) is 3.38. The Morgan fingerprint density at radius 2 is 2.00 bits per heavy atom. The smallest absolute Gasteiger partial charge is 0.317 e. The van der Waals surface area contributed by atoms with Crippen LogP contribution in [0, 0.1) is 0 Å². The molecule has 2 amide bonds. The fourth-order valence-electron chi connectivity index (χ4n) is 2.19. The quantitative estimate of drug-likeness (QED) is 0.830. The van der Waals surface area contributed by atoms with E-state index >= 15 is 0 Å². The van der Waals surface area contributed by atoms with Crippen molar-refractivity contribution in [1.82, 2.24) is 10.2 Å². The second-order valence-corrected chi connectivity index (χ2v) is 4.78. The second kappa shape index (κ2) is 6.75. The van der Waals surface area contributed by atoms with Crippen LogP contribution in [0.5, 0.6) is 0 Å². The zero-order chi connectivity index (χ0) is 14.4. The van der Waals surface area contributed by atoms with E-state index in [1.165, 1.54) is 16.3 Å². The number of urea groups is 1. The van der Waals surface area contributed by atoms with Gasteiger partial charge in [0.2, 0.25) is 0 Å². The molecule has 0 unspecified atom stereocenters. The molecule has 3 heteroatoms. The summed E-state index contributed by atoms with van der Waals surface area (Å²) in [5, 5.41) is 5.27. The molecule has 0 atom stereocenters. The zero-order valence-electron chi connectivity index (χ0n) is 11.8. The number of carbonyl (C=O) groups excluding carboxylic acids is 1. The minimum atomic E-state index is -0.0647. The first-order valence-electron chi connectivity index (χ1n) is 6.79. The molecule has 0 aliphatic heterocycles. The lowest BCUT2D eigenvalue weighted by atomic mass is 10.0. The molecule has 0 bridgehead atoms. The van der Waals surface area contributed by atoms with Crippen molar-refractivity contribution in [2.45, 2.75) is 6.42 Å². The van der Waals surface area contributed by atoms with Crippen LogP contribution in [0.25, 0.3) is 10.8 Å². The molecule has 0 aliphatic carbocycles. The molecule has 0 fully saturated rings. The second-order valence-electron chi connectivity index (χ2n) is 4.78. The summed E-state index contributed by atoms with van der Waals surface area (Å²) in [5.41, 5.74) is 1.27. The maximum atomic E-state index is 11.8. The highest BCUT2D eigenvalue weighted by Gasteiger charge is 2.08. The fraction of sp³-hybridized carbons (Fsp3) is 0.235. The first kappa shape index (κ1) is 14.1. The van der Waals surface area contributed by atoms with Crippen molar-refractivity contribution >= 4 is 16.8 Å². The van der Waals surface area contributed by atoms with Crippen LogP contribution in [0.1, 0.15) is 5.56 Å². The first-order chi connectivity index (χ1) is 9.72. The van der Waals surface area contributed by atoms with Crippen LogP contribution >= 0.6 is 0 Å². The maximum Gasteiger partial charge on any atom is 0.317 e. The van der Waals surface area contributed by atoms with E-state index in [0.717, 1.165) is 6.42 Å². The Kier molecular flexibility index (Phi) is 4.77. The average Bonchev–Trinajstić information content (AvgIpc) is 2.50. The van der Waals surface area contributed by atoms with E-state index in [0.29, 0.717) is 13.1 Å². The van der Waals surface area contributed by atoms with Gasteiger partial charge in [-0.3, -0.25) is 0 Å². The third-order valence-corrected chi connectivity index (χ3v) is 3.34. The topological polar surface area (TPSA) is 32.3 Å². The molecule has 0 spiro atoms. The number of fused-ring (bicyclic) bond motifs is 1. The van der Waals surface area contributed by atoms with E-state index < -0.39 is 0 Å². The minimum absolute atomic E-state index is 0.0647. The molecule has 2 aromatic carbocycles. The number of hydrogen-bond donors (Lipinski definition) is 1. The Labute approximate surface area is 119 Å². The predicted molar refractivity (Wildman–Crippen MR) is 83.9 cm³/mol. The van der Waals surface area contributed by atoms with Crippen molar-refractivity contribution in [3.63, 3.8) is 0 Å². The van der Waals surface area contributed by atoms with Gasteiger partial charge in [-0.05, 0) is 22.8 Å². The third-order valence-electron chi connectivity index (χ3n) is 3.34. The lowest BCUT2D eigenvalue weighted by Crippen LogP contribution is -2.38. The Morgan fingerprint density at radius 3 is 2.80 bits per heavy atom. The molecule has 2 rings (SSSR count). The predicted octanol–water partition coefficient (Wildman–Crippen LogP) is 3.21. The van der Waals surface area contributed by atoms with Crippen LogP contribution in [-0.2, 0) is 6.42 Å². The first-order valence-corrected chi connectivity index (χ1v) is 6.79. The summed E-state index contributed by atoms with van der Waals surface area (Å²) < 4.78 is 0. The van der Waals surface area contributed by atoms with Gasteiger partial charge in [0.05, 0.1) is 0 Å². The van der Waals surface area contributed by atoms with Gasteiger partial charge in [0.25, 0.3) is 0 Å². The molecular formula is C17H20N2O. The molecular weight excluding hydrogens is 248 g/mol. The van der Waals surface area contributed by atoms with Gasteiger partial charge in [0, 0.05) is 20.1 Å². The lowest BCUT2D eigenvalue weighted by molar-refractivity contribution is 0.210. The number of nitrogens with zero attached hydrogens (tertiary/aromatic N) is 1. The monoisotopic (exact) mass is 268 g/mol. The average molecular weight is 268 g/mol. The van der Waals surface area contributed by atoms with Crippen LogP contribution in [0.15, 0.2) is 55.1 Å². The molecule has 1 N–H and O–H groups in total. The molecule has 2 aromatic rings. The molecule has 20 heavy (non-hydrogen) atoms. The Balaban J connectivity index is 2.02. The van der Waals surface area contributed by atoms with E-state index in [1.54, 1.807) is 11.0 Å².